The molecule has 0 saturated carbocycles. The topological polar surface area (TPSA) is 79.2 Å². The van der Waals surface area contributed by atoms with Crippen molar-refractivity contribution in [1.82, 2.24) is 0 Å². The summed E-state index contributed by atoms with van der Waals surface area (Å²) in [6, 6.07) is 13.0. The average Bonchev–Trinajstić information content (AvgIpc) is 2.51. The molecule has 0 amide bonds. The van der Waals surface area contributed by atoms with E-state index in [-0.39, 0.29) is 16.3 Å². The van der Waals surface area contributed by atoms with Crippen molar-refractivity contribution in [2.45, 2.75) is 18.2 Å². The van der Waals surface area contributed by atoms with Crippen molar-refractivity contribution in [3.63, 3.8) is 0 Å². The van der Waals surface area contributed by atoms with E-state index >= 15 is 0 Å². The second kappa shape index (κ2) is 7.36. The van der Waals surface area contributed by atoms with Crippen LogP contribution in [0.1, 0.15) is 12.5 Å². The Hall–Kier alpha value is -2.23. The maximum Gasteiger partial charge on any atom is 0.261 e. The quantitative estimate of drug-likeness (QED) is 0.863. The monoisotopic (exact) mass is 350 g/mol. The number of nitrogens with one attached hydrogen (secondary N) is 1. The first-order valence-corrected chi connectivity index (χ1v) is 8.73. The van der Waals surface area contributed by atoms with Gasteiger partial charge in [-0.15, -0.1) is 0 Å². The lowest BCUT2D eigenvalue weighted by atomic mass is 10.1. The van der Waals surface area contributed by atoms with E-state index in [1.165, 1.54) is 18.2 Å². The Morgan fingerprint density at radius 2 is 1.91 bits per heavy atom. The predicted octanol–water partition coefficient (Wildman–Crippen LogP) is 3.61. The van der Waals surface area contributed by atoms with Crippen molar-refractivity contribution in [1.29, 1.82) is 5.26 Å². The molecule has 0 bridgehead atoms. The molecule has 0 spiro atoms. The summed E-state index contributed by atoms with van der Waals surface area (Å²) >= 11 is 6.02. The zero-order valence-electron chi connectivity index (χ0n) is 12.4. The minimum Gasteiger partial charge on any atom is -0.492 e. The van der Waals surface area contributed by atoms with Gasteiger partial charge in [-0.1, -0.05) is 23.7 Å². The summed E-state index contributed by atoms with van der Waals surface area (Å²) in [5, 5.41) is 8.86. The molecule has 0 aliphatic rings. The van der Waals surface area contributed by atoms with Gasteiger partial charge < -0.3 is 4.74 Å². The number of anilines is 1. The average molecular weight is 351 g/mol. The molecule has 2 rings (SSSR count). The molecule has 0 atom stereocenters. The van der Waals surface area contributed by atoms with Gasteiger partial charge >= 0.3 is 0 Å². The van der Waals surface area contributed by atoms with Gasteiger partial charge in [0.15, 0.2) is 0 Å². The van der Waals surface area contributed by atoms with Crippen molar-refractivity contribution in [3.8, 4) is 11.8 Å². The number of hydrogen-bond acceptors (Lipinski definition) is 4. The number of nitrogens with zero attached hydrogens (tertiary/aromatic N) is 1. The standard InChI is InChI=1S/C16H15ClN2O3S/c1-2-22-16-8-7-14(11-15(16)17)23(20,21)19-13-5-3-12(4-6-13)9-10-18/h3-8,11,19H,2,9H2,1H3. The van der Waals surface area contributed by atoms with Gasteiger partial charge in [0.05, 0.1) is 29.0 Å². The Morgan fingerprint density at radius 3 is 2.48 bits per heavy atom. The van der Waals surface area contributed by atoms with Gasteiger partial charge in [0.25, 0.3) is 10.0 Å². The molecule has 0 aromatic heterocycles. The van der Waals surface area contributed by atoms with E-state index in [1.807, 2.05) is 13.0 Å². The maximum atomic E-state index is 12.4. The van der Waals surface area contributed by atoms with Crippen LogP contribution in [0, 0.1) is 11.3 Å². The third-order valence-corrected chi connectivity index (χ3v) is 4.68. The van der Waals surface area contributed by atoms with E-state index in [2.05, 4.69) is 4.72 Å². The zero-order valence-corrected chi connectivity index (χ0v) is 14.0. The van der Waals surface area contributed by atoms with Gasteiger partial charge in [0, 0.05) is 5.69 Å². The Balaban J connectivity index is 2.21. The second-order valence-corrected chi connectivity index (χ2v) is 6.75. The van der Waals surface area contributed by atoms with E-state index < -0.39 is 10.0 Å². The zero-order chi connectivity index (χ0) is 16.9. The highest BCUT2D eigenvalue weighted by Crippen LogP contribution is 2.28. The van der Waals surface area contributed by atoms with Crippen LogP contribution in [0.5, 0.6) is 5.75 Å². The van der Waals surface area contributed by atoms with E-state index in [1.54, 1.807) is 24.3 Å². The highest BCUT2D eigenvalue weighted by molar-refractivity contribution is 7.92. The van der Waals surface area contributed by atoms with Crippen LogP contribution in [-0.4, -0.2) is 15.0 Å². The van der Waals surface area contributed by atoms with Gasteiger partial charge in [0.2, 0.25) is 0 Å². The Morgan fingerprint density at radius 1 is 1.22 bits per heavy atom. The molecule has 0 unspecified atom stereocenters. The van der Waals surface area contributed by atoms with Crippen molar-refractivity contribution in [2.24, 2.45) is 0 Å². The minimum absolute atomic E-state index is 0.0482. The molecule has 5 nitrogen and oxygen atoms in total. The number of rotatable bonds is 6. The molecule has 120 valence electrons. The van der Waals surface area contributed by atoms with Crippen LogP contribution in [0.15, 0.2) is 47.4 Å². The van der Waals surface area contributed by atoms with Gasteiger partial charge in [-0.3, -0.25) is 4.72 Å². The lowest BCUT2D eigenvalue weighted by molar-refractivity contribution is 0.340. The molecule has 0 radical (unpaired) electrons. The molecule has 7 heteroatoms. The summed E-state index contributed by atoms with van der Waals surface area (Å²) in [6.45, 7) is 2.26. The summed E-state index contributed by atoms with van der Waals surface area (Å²) in [7, 11) is -3.75. The summed E-state index contributed by atoms with van der Waals surface area (Å²) in [5.74, 6) is 0.439. The van der Waals surface area contributed by atoms with Gasteiger partial charge in [0.1, 0.15) is 5.75 Å². The van der Waals surface area contributed by atoms with Crippen LogP contribution in [0.2, 0.25) is 5.02 Å². The van der Waals surface area contributed by atoms with Gasteiger partial charge in [-0.25, -0.2) is 8.42 Å². The van der Waals surface area contributed by atoms with E-state index in [4.69, 9.17) is 21.6 Å². The van der Waals surface area contributed by atoms with E-state index in [0.29, 0.717) is 18.0 Å². The summed E-state index contributed by atoms with van der Waals surface area (Å²) in [6.07, 6.45) is 0.279. The molecular weight excluding hydrogens is 336 g/mol. The number of hydrogen-bond donors (Lipinski definition) is 1. The van der Waals surface area contributed by atoms with Crippen molar-refractivity contribution in [2.75, 3.05) is 11.3 Å². The number of ether oxygens (including phenoxy) is 1. The van der Waals surface area contributed by atoms with Crippen LogP contribution in [-0.2, 0) is 16.4 Å². The molecule has 0 fully saturated rings. The first kappa shape index (κ1) is 17.1. The van der Waals surface area contributed by atoms with Crippen molar-refractivity contribution >= 4 is 27.3 Å². The van der Waals surface area contributed by atoms with E-state index in [0.717, 1.165) is 5.56 Å². The van der Waals surface area contributed by atoms with Gasteiger partial charge in [-0.05, 0) is 42.8 Å². The third kappa shape index (κ3) is 4.38. The first-order chi connectivity index (χ1) is 11.0. The molecule has 0 aliphatic carbocycles. The molecular formula is C16H15ClN2O3S. The molecule has 0 heterocycles. The lowest BCUT2D eigenvalue weighted by Gasteiger charge is -2.11. The summed E-state index contributed by atoms with van der Waals surface area (Å²) < 4.78 is 32.5. The highest BCUT2D eigenvalue weighted by atomic mass is 35.5. The third-order valence-electron chi connectivity index (χ3n) is 3.00. The molecule has 2 aromatic rings. The number of benzene rings is 2. The summed E-state index contributed by atoms with van der Waals surface area (Å²) in [5.41, 5.74) is 1.23. The normalized spacial score (nSPS) is 10.8. The number of halogens is 1. The highest BCUT2D eigenvalue weighted by Gasteiger charge is 2.16. The lowest BCUT2D eigenvalue weighted by Crippen LogP contribution is -2.13. The second-order valence-electron chi connectivity index (χ2n) is 4.66. The first-order valence-electron chi connectivity index (χ1n) is 6.87. The summed E-state index contributed by atoms with van der Waals surface area (Å²) in [4.78, 5) is 0.0482. The van der Waals surface area contributed by atoms with Crippen LogP contribution in [0.4, 0.5) is 5.69 Å². The molecule has 0 aliphatic heterocycles. The van der Waals surface area contributed by atoms with Crippen LogP contribution in [0.3, 0.4) is 0 Å². The van der Waals surface area contributed by atoms with E-state index in [9.17, 15) is 8.42 Å². The Labute approximate surface area is 140 Å². The van der Waals surface area contributed by atoms with Crippen molar-refractivity contribution in [3.05, 3.63) is 53.1 Å². The molecule has 0 saturated heterocycles. The number of sulfonamides is 1. The Bertz CT molecular complexity index is 827. The fraction of sp³-hybridized carbons (Fsp3) is 0.188. The molecule has 23 heavy (non-hydrogen) atoms. The smallest absolute Gasteiger partial charge is 0.261 e. The Kier molecular flexibility index (Phi) is 5.48. The fourth-order valence-corrected chi connectivity index (χ4v) is 3.30. The predicted molar refractivity (Wildman–Crippen MR) is 89.2 cm³/mol. The van der Waals surface area contributed by atoms with Crippen molar-refractivity contribution < 1.29 is 13.2 Å². The SMILES string of the molecule is CCOc1ccc(S(=O)(=O)Nc2ccc(CC#N)cc2)cc1Cl. The fourth-order valence-electron chi connectivity index (χ4n) is 1.92. The largest absolute Gasteiger partial charge is 0.492 e. The minimum atomic E-state index is -3.75. The maximum absolute atomic E-state index is 12.4. The van der Waals surface area contributed by atoms with Crippen LogP contribution in [0.25, 0.3) is 0 Å². The molecule has 1 N–H and O–H groups in total. The molecule has 2 aromatic carbocycles. The number of nitriles is 1. The van der Waals surface area contributed by atoms with Crippen LogP contribution >= 0.6 is 11.6 Å². The van der Waals surface area contributed by atoms with Crippen LogP contribution < -0.4 is 9.46 Å². The van der Waals surface area contributed by atoms with Gasteiger partial charge in [-0.2, -0.15) is 5.26 Å².